The molecule has 1 amide bonds. The number of nitro groups is 1. The number of nitrogens with zero attached hydrogens (tertiary/aromatic N) is 5. The van der Waals surface area contributed by atoms with E-state index < -0.39 is 22.4 Å². The Bertz CT molecular complexity index is 1490. The first-order valence-electron chi connectivity index (χ1n) is 10.0. The molecule has 0 atom stereocenters. The summed E-state index contributed by atoms with van der Waals surface area (Å²) >= 11 is 1.08. The first-order valence-corrected chi connectivity index (χ1v) is 10.9. The summed E-state index contributed by atoms with van der Waals surface area (Å²) in [6, 6.07) is 7.61. The first kappa shape index (κ1) is 22.8. The third-order valence-corrected chi connectivity index (χ3v) is 5.95. The lowest BCUT2D eigenvalue weighted by atomic mass is 10.2. The van der Waals surface area contributed by atoms with Gasteiger partial charge in [0.25, 0.3) is 11.2 Å². The number of fused-ring (bicyclic) bond motifs is 1. The van der Waals surface area contributed by atoms with Gasteiger partial charge in [0.05, 0.1) is 22.7 Å². The Morgan fingerprint density at radius 3 is 2.79 bits per heavy atom. The summed E-state index contributed by atoms with van der Waals surface area (Å²) in [5.74, 6) is -0.960. The molecule has 0 aliphatic carbocycles. The van der Waals surface area contributed by atoms with Gasteiger partial charge in [-0.15, -0.1) is 11.3 Å². The zero-order valence-electron chi connectivity index (χ0n) is 18.0. The Morgan fingerprint density at radius 2 is 2.06 bits per heavy atom. The van der Waals surface area contributed by atoms with Crippen molar-refractivity contribution in [1.29, 1.82) is 0 Å². The molecule has 0 saturated heterocycles. The lowest BCUT2D eigenvalue weighted by Gasteiger charge is -2.07. The van der Waals surface area contributed by atoms with Crippen LogP contribution in [0.4, 0.5) is 10.7 Å². The van der Waals surface area contributed by atoms with Crippen molar-refractivity contribution >= 4 is 44.9 Å². The van der Waals surface area contributed by atoms with Gasteiger partial charge in [-0.3, -0.25) is 24.3 Å². The lowest BCUT2D eigenvalue weighted by Crippen LogP contribution is -2.27. The van der Waals surface area contributed by atoms with Crippen molar-refractivity contribution in [2.24, 2.45) is 0 Å². The second-order valence-electron chi connectivity index (χ2n) is 7.11. The molecule has 1 N–H and O–H groups in total. The number of para-hydroxylation sites is 2. The number of nitro benzene ring substituents is 1. The van der Waals surface area contributed by atoms with E-state index in [4.69, 9.17) is 4.74 Å². The molecule has 0 spiro atoms. The van der Waals surface area contributed by atoms with Gasteiger partial charge in [-0.05, 0) is 31.5 Å². The van der Waals surface area contributed by atoms with Gasteiger partial charge < -0.3 is 10.1 Å². The largest absolute Gasteiger partial charge is 0.462 e. The highest BCUT2D eigenvalue weighted by molar-refractivity contribution is 7.18. The number of carbonyl (C=O) groups is 2. The maximum Gasteiger partial charge on any atom is 0.348 e. The number of aryl methyl sites for hydroxylation is 1. The van der Waals surface area contributed by atoms with Crippen LogP contribution in [0.15, 0.2) is 47.7 Å². The maximum absolute atomic E-state index is 12.9. The van der Waals surface area contributed by atoms with Crippen LogP contribution in [0.3, 0.4) is 0 Å². The molecule has 3 heterocycles. The standard InChI is InChI=1S/C21H18N6O6S/c1-3-33-21(30)18-12(2)8-17(34-18)24-16(28)10-25-11-22-19-13(20(25)29)9-23-26(19)14-6-4-5-7-15(14)27(31)32/h4-9,11H,3,10H2,1-2H3,(H,24,28). The molecule has 0 radical (unpaired) electrons. The molecule has 174 valence electrons. The molecule has 13 heteroatoms. The Kier molecular flexibility index (Phi) is 6.19. The minimum Gasteiger partial charge on any atom is -0.462 e. The fourth-order valence-corrected chi connectivity index (χ4v) is 4.29. The monoisotopic (exact) mass is 482 g/mol. The van der Waals surface area contributed by atoms with E-state index in [1.807, 2.05) is 0 Å². The van der Waals surface area contributed by atoms with Crippen molar-refractivity contribution in [2.45, 2.75) is 20.4 Å². The maximum atomic E-state index is 12.9. The fourth-order valence-electron chi connectivity index (χ4n) is 3.31. The average molecular weight is 482 g/mol. The van der Waals surface area contributed by atoms with E-state index >= 15 is 0 Å². The van der Waals surface area contributed by atoms with Crippen molar-refractivity contribution in [1.82, 2.24) is 19.3 Å². The minimum absolute atomic E-state index is 0.102. The Labute approximate surface area is 195 Å². The van der Waals surface area contributed by atoms with Gasteiger partial charge >= 0.3 is 5.97 Å². The molecule has 0 aliphatic heterocycles. The van der Waals surface area contributed by atoms with Crippen molar-refractivity contribution < 1.29 is 19.2 Å². The number of thiophene rings is 1. The van der Waals surface area contributed by atoms with Gasteiger partial charge in [-0.25, -0.2) is 14.5 Å². The summed E-state index contributed by atoms with van der Waals surface area (Å²) in [6.45, 7) is 3.35. The number of rotatable bonds is 7. The number of nitrogens with one attached hydrogen (secondary N) is 1. The number of carbonyl (C=O) groups excluding carboxylic acids is 2. The Balaban J connectivity index is 1.58. The van der Waals surface area contributed by atoms with Gasteiger partial charge in [0.2, 0.25) is 5.91 Å². The van der Waals surface area contributed by atoms with E-state index in [1.54, 1.807) is 26.0 Å². The highest BCUT2D eigenvalue weighted by Crippen LogP contribution is 2.27. The van der Waals surface area contributed by atoms with E-state index in [9.17, 15) is 24.5 Å². The summed E-state index contributed by atoms with van der Waals surface area (Å²) in [4.78, 5) is 52.8. The Hall–Kier alpha value is -4.39. The van der Waals surface area contributed by atoms with Crippen LogP contribution in [0.2, 0.25) is 0 Å². The van der Waals surface area contributed by atoms with E-state index in [0.717, 1.165) is 15.9 Å². The third kappa shape index (κ3) is 4.28. The molecule has 0 saturated carbocycles. The van der Waals surface area contributed by atoms with Gasteiger partial charge in [0.1, 0.15) is 28.8 Å². The molecule has 0 bridgehead atoms. The van der Waals surface area contributed by atoms with Crippen LogP contribution >= 0.6 is 11.3 Å². The number of hydrogen-bond acceptors (Lipinski definition) is 9. The summed E-state index contributed by atoms with van der Waals surface area (Å²) in [6.07, 6.45) is 2.44. The quantitative estimate of drug-likeness (QED) is 0.240. The molecule has 4 rings (SSSR count). The van der Waals surface area contributed by atoms with Gasteiger partial charge in [-0.2, -0.15) is 5.10 Å². The van der Waals surface area contributed by atoms with Crippen LogP contribution in [0.5, 0.6) is 0 Å². The predicted molar refractivity (Wildman–Crippen MR) is 123 cm³/mol. The molecular weight excluding hydrogens is 464 g/mol. The molecule has 12 nitrogen and oxygen atoms in total. The van der Waals surface area contributed by atoms with E-state index in [0.29, 0.717) is 15.4 Å². The van der Waals surface area contributed by atoms with Crippen LogP contribution < -0.4 is 10.9 Å². The van der Waals surface area contributed by atoms with Crippen LogP contribution in [-0.4, -0.2) is 42.7 Å². The number of benzene rings is 1. The third-order valence-electron chi connectivity index (χ3n) is 4.82. The molecule has 4 aromatic rings. The summed E-state index contributed by atoms with van der Waals surface area (Å²) in [5.41, 5.74) is 0.242. The average Bonchev–Trinajstić information content (AvgIpc) is 3.39. The Morgan fingerprint density at radius 1 is 1.29 bits per heavy atom. The molecular formula is C21H18N6O6S. The van der Waals surface area contributed by atoms with Crippen LogP contribution in [-0.2, 0) is 16.1 Å². The normalized spacial score (nSPS) is 10.9. The van der Waals surface area contributed by atoms with Crippen molar-refractivity contribution in [2.75, 3.05) is 11.9 Å². The molecule has 0 fully saturated rings. The summed E-state index contributed by atoms with van der Waals surface area (Å²) in [7, 11) is 0. The number of amides is 1. The minimum atomic E-state index is -0.548. The number of aromatic nitrogens is 4. The van der Waals surface area contributed by atoms with E-state index in [-0.39, 0.29) is 35.6 Å². The molecule has 3 aromatic heterocycles. The topological polar surface area (TPSA) is 151 Å². The summed E-state index contributed by atoms with van der Waals surface area (Å²) < 4.78 is 7.31. The number of anilines is 1. The smallest absolute Gasteiger partial charge is 0.348 e. The molecule has 0 unspecified atom stereocenters. The van der Waals surface area contributed by atoms with Crippen LogP contribution in [0.25, 0.3) is 16.7 Å². The lowest BCUT2D eigenvalue weighted by molar-refractivity contribution is -0.384. The SMILES string of the molecule is CCOC(=O)c1sc(NC(=O)Cn2cnc3c(cnn3-c3ccccc3[N+](=O)[O-])c2=O)cc1C. The second-order valence-corrected chi connectivity index (χ2v) is 8.16. The van der Waals surface area contributed by atoms with Gasteiger partial charge in [0, 0.05) is 6.07 Å². The first-order chi connectivity index (χ1) is 16.3. The van der Waals surface area contributed by atoms with Gasteiger partial charge in [0.15, 0.2) is 5.65 Å². The van der Waals surface area contributed by atoms with Crippen LogP contribution in [0, 0.1) is 17.0 Å². The highest BCUT2D eigenvalue weighted by Gasteiger charge is 2.20. The molecule has 0 aliphatic rings. The highest BCUT2D eigenvalue weighted by atomic mass is 32.1. The van der Waals surface area contributed by atoms with Crippen molar-refractivity contribution in [3.63, 3.8) is 0 Å². The predicted octanol–water partition coefficient (Wildman–Crippen LogP) is 2.68. The van der Waals surface area contributed by atoms with Crippen molar-refractivity contribution in [3.8, 4) is 5.69 Å². The zero-order valence-corrected chi connectivity index (χ0v) is 18.9. The summed E-state index contributed by atoms with van der Waals surface area (Å²) in [5, 5.41) is 18.6. The van der Waals surface area contributed by atoms with E-state index in [1.165, 1.54) is 35.4 Å². The van der Waals surface area contributed by atoms with Gasteiger partial charge in [-0.1, -0.05) is 12.1 Å². The molecule has 34 heavy (non-hydrogen) atoms. The number of ether oxygens (including phenoxy) is 1. The fraction of sp³-hybridized carbons (Fsp3) is 0.190. The van der Waals surface area contributed by atoms with Crippen molar-refractivity contribution in [3.05, 3.63) is 73.8 Å². The second kappa shape index (κ2) is 9.23. The zero-order chi connectivity index (χ0) is 24.4. The van der Waals surface area contributed by atoms with Crippen LogP contribution in [0.1, 0.15) is 22.2 Å². The number of esters is 1. The number of hydrogen-bond donors (Lipinski definition) is 1. The van der Waals surface area contributed by atoms with E-state index in [2.05, 4.69) is 15.4 Å². The molecule has 1 aromatic carbocycles.